The molecule has 0 aliphatic heterocycles. The lowest BCUT2D eigenvalue weighted by molar-refractivity contribution is 0.0994. The number of amides is 1. The van der Waals surface area contributed by atoms with Crippen molar-refractivity contribution in [3.8, 4) is 0 Å². The van der Waals surface area contributed by atoms with Gasteiger partial charge in [-0.25, -0.2) is 4.98 Å². The number of hydrogen-bond donors (Lipinski definition) is 1. The van der Waals surface area contributed by atoms with Gasteiger partial charge in [-0.1, -0.05) is 36.4 Å². The quantitative estimate of drug-likeness (QED) is 0.668. The van der Waals surface area contributed by atoms with Crippen LogP contribution in [0.3, 0.4) is 0 Å². The summed E-state index contributed by atoms with van der Waals surface area (Å²) in [5, 5.41) is 0. The first-order chi connectivity index (χ1) is 9.16. The summed E-state index contributed by atoms with van der Waals surface area (Å²) in [6.07, 6.45) is 2.98. The standard InChI is InChI=1S/C15H12N2O2/c16-15(19)13-8-4-7-12(17-13)9-10-14(18)11-5-2-1-3-6-11/h1-10H,(H2,16,19). The van der Waals surface area contributed by atoms with Crippen molar-refractivity contribution >= 4 is 17.8 Å². The molecule has 0 aliphatic carbocycles. The number of benzene rings is 1. The molecule has 0 spiro atoms. The van der Waals surface area contributed by atoms with E-state index in [0.29, 0.717) is 11.3 Å². The van der Waals surface area contributed by atoms with Crippen LogP contribution >= 0.6 is 0 Å². The molecule has 2 aromatic rings. The zero-order valence-electron chi connectivity index (χ0n) is 10.1. The Hall–Kier alpha value is -2.75. The van der Waals surface area contributed by atoms with E-state index in [0.717, 1.165) is 0 Å². The molecular formula is C15H12N2O2. The second kappa shape index (κ2) is 5.73. The molecule has 4 heteroatoms. The van der Waals surface area contributed by atoms with Gasteiger partial charge in [0.2, 0.25) is 0 Å². The predicted octanol–water partition coefficient (Wildman–Crippen LogP) is 2.08. The molecule has 0 fully saturated rings. The van der Waals surface area contributed by atoms with Gasteiger partial charge >= 0.3 is 0 Å². The van der Waals surface area contributed by atoms with Crippen molar-refractivity contribution < 1.29 is 9.59 Å². The van der Waals surface area contributed by atoms with E-state index in [1.807, 2.05) is 6.07 Å². The number of aromatic nitrogens is 1. The maximum Gasteiger partial charge on any atom is 0.267 e. The molecule has 1 aromatic heterocycles. The summed E-state index contributed by atoms with van der Waals surface area (Å²) >= 11 is 0. The molecule has 94 valence electrons. The van der Waals surface area contributed by atoms with Crippen molar-refractivity contribution in [2.24, 2.45) is 5.73 Å². The Morgan fingerprint density at radius 1 is 1.00 bits per heavy atom. The van der Waals surface area contributed by atoms with Crippen molar-refractivity contribution in [1.82, 2.24) is 4.98 Å². The van der Waals surface area contributed by atoms with Gasteiger partial charge in [-0.15, -0.1) is 0 Å². The average molecular weight is 252 g/mol. The van der Waals surface area contributed by atoms with Crippen LogP contribution in [0, 0.1) is 0 Å². The number of primary amides is 1. The van der Waals surface area contributed by atoms with Gasteiger partial charge in [0.15, 0.2) is 5.78 Å². The van der Waals surface area contributed by atoms with Gasteiger partial charge in [0.25, 0.3) is 5.91 Å². The van der Waals surface area contributed by atoms with Crippen LogP contribution in [0.25, 0.3) is 6.08 Å². The Morgan fingerprint density at radius 3 is 2.42 bits per heavy atom. The summed E-state index contributed by atoms with van der Waals surface area (Å²) < 4.78 is 0. The minimum absolute atomic E-state index is 0.119. The Labute approximate surface area is 110 Å². The topological polar surface area (TPSA) is 73.1 Å². The molecule has 19 heavy (non-hydrogen) atoms. The Bertz CT molecular complexity index is 634. The minimum Gasteiger partial charge on any atom is -0.364 e. The molecule has 1 amide bonds. The molecule has 2 N–H and O–H groups in total. The summed E-state index contributed by atoms with van der Waals surface area (Å²) in [5.74, 6) is -0.712. The lowest BCUT2D eigenvalue weighted by Crippen LogP contribution is -2.13. The van der Waals surface area contributed by atoms with Gasteiger partial charge in [-0.2, -0.15) is 0 Å². The van der Waals surface area contributed by atoms with Crippen LogP contribution in [-0.4, -0.2) is 16.7 Å². The first-order valence-corrected chi connectivity index (χ1v) is 5.71. The fraction of sp³-hybridized carbons (Fsp3) is 0. The number of nitrogens with two attached hydrogens (primary N) is 1. The Balaban J connectivity index is 2.17. The highest BCUT2D eigenvalue weighted by Gasteiger charge is 2.02. The number of hydrogen-bond acceptors (Lipinski definition) is 3. The second-order valence-corrected chi connectivity index (χ2v) is 3.88. The fourth-order valence-electron chi connectivity index (χ4n) is 1.54. The highest BCUT2D eigenvalue weighted by molar-refractivity contribution is 6.06. The third kappa shape index (κ3) is 3.35. The lowest BCUT2D eigenvalue weighted by atomic mass is 10.1. The molecule has 0 atom stereocenters. The van der Waals surface area contributed by atoms with Gasteiger partial charge in [0.05, 0.1) is 5.69 Å². The van der Waals surface area contributed by atoms with Gasteiger partial charge in [-0.05, 0) is 24.3 Å². The summed E-state index contributed by atoms with van der Waals surface area (Å²) in [6.45, 7) is 0. The summed E-state index contributed by atoms with van der Waals surface area (Å²) in [4.78, 5) is 26.8. The van der Waals surface area contributed by atoms with Crippen molar-refractivity contribution in [3.63, 3.8) is 0 Å². The maximum atomic E-state index is 11.8. The first-order valence-electron chi connectivity index (χ1n) is 5.71. The fourth-order valence-corrected chi connectivity index (χ4v) is 1.54. The molecule has 0 saturated heterocycles. The van der Waals surface area contributed by atoms with Gasteiger partial charge in [0.1, 0.15) is 5.69 Å². The van der Waals surface area contributed by atoms with E-state index in [9.17, 15) is 9.59 Å². The average Bonchev–Trinajstić information content (AvgIpc) is 2.46. The molecule has 2 rings (SSSR count). The minimum atomic E-state index is -0.593. The van der Waals surface area contributed by atoms with Crippen LogP contribution in [-0.2, 0) is 0 Å². The van der Waals surface area contributed by atoms with Crippen molar-refractivity contribution in [1.29, 1.82) is 0 Å². The Morgan fingerprint density at radius 2 is 1.74 bits per heavy atom. The van der Waals surface area contributed by atoms with E-state index in [1.165, 1.54) is 12.1 Å². The van der Waals surface area contributed by atoms with Crippen LogP contribution in [0.5, 0.6) is 0 Å². The molecule has 0 unspecified atom stereocenters. The summed E-state index contributed by atoms with van der Waals surface area (Å²) in [5.41, 5.74) is 6.43. The molecule has 0 saturated carbocycles. The zero-order chi connectivity index (χ0) is 13.7. The van der Waals surface area contributed by atoms with Crippen molar-refractivity contribution in [2.45, 2.75) is 0 Å². The van der Waals surface area contributed by atoms with Gasteiger partial charge in [-0.3, -0.25) is 9.59 Å². The van der Waals surface area contributed by atoms with E-state index in [-0.39, 0.29) is 11.5 Å². The smallest absolute Gasteiger partial charge is 0.267 e. The zero-order valence-corrected chi connectivity index (χ0v) is 10.1. The van der Waals surface area contributed by atoms with E-state index < -0.39 is 5.91 Å². The number of pyridine rings is 1. The number of rotatable bonds is 4. The largest absolute Gasteiger partial charge is 0.364 e. The number of carbonyl (C=O) groups is 2. The Kier molecular flexibility index (Phi) is 3.83. The number of carbonyl (C=O) groups excluding carboxylic acids is 2. The van der Waals surface area contributed by atoms with E-state index >= 15 is 0 Å². The molecular weight excluding hydrogens is 240 g/mol. The number of ketones is 1. The number of nitrogens with zero attached hydrogens (tertiary/aromatic N) is 1. The molecule has 1 heterocycles. The summed E-state index contributed by atoms with van der Waals surface area (Å²) in [7, 11) is 0. The molecule has 1 aromatic carbocycles. The second-order valence-electron chi connectivity index (χ2n) is 3.88. The van der Waals surface area contributed by atoms with E-state index in [2.05, 4.69) is 4.98 Å². The van der Waals surface area contributed by atoms with E-state index in [1.54, 1.807) is 42.5 Å². The van der Waals surface area contributed by atoms with Gasteiger partial charge < -0.3 is 5.73 Å². The monoisotopic (exact) mass is 252 g/mol. The molecule has 0 bridgehead atoms. The lowest BCUT2D eigenvalue weighted by Gasteiger charge is -1.97. The third-order valence-corrected chi connectivity index (χ3v) is 2.49. The van der Waals surface area contributed by atoms with Crippen molar-refractivity contribution in [3.05, 3.63) is 71.6 Å². The summed E-state index contributed by atoms with van der Waals surface area (Å²) in [6, 6.07) is 13.8. The SMILES string of the molecule is NC(=O)c1cccc(C=CC(=O)c2ccccc2)n1. The van der Waals surface area contributed by atoms with Crippen LogP contribution in [0.4, 0.5) is 0 Å². The van der Waals surface area contributed by atoms with Crippen LogP contribution < -0.4 is 5.73 Å². The predicted molar refractivity (Wildman–Crippen MR) is 72.6 cm³/mol. The van der Waals surface area contributed by atoms with E-state index in [4.69, 9.17) is 5.73 Å². The normalized spacial score (nSPS) is 10.5. The third-order valence-electron chi connectivity index (χ3n) is 2.49. The first kappa shape index (κ1) is 12.7. The molecule has 0 radical (unpaired) electrons. The molecule has 0 aliphatic rings. The molecule has 4 nitrogen and oxygen atoms in total. The number of allylic oxidation sites excluding steroid dienone is 1. The highest BCUT2D eigenvalue weighted by Crippen LogP contribution is 2.05. The van der Waals surface area contributed by atoms with Crippen LogP contribution in [0.15, 0.2) is 54.6 Å². The highest BCUT2D eigenvalue weighted by atomic mass is 16.1. The van der Waals surface area contributed by atoms with Gasteiger partial charge in [0, 0.05) is 5.56 Å². The van der Waals surface area contributed by atoms with Crippen molar-refractivity contribution in [2.75, 3.05) is 0 Å². The maximum absolute atomic E-state index is 11.8. The van der Waals surface area contributed by atoms with Crippen LogP contribution in [0.2, 0.25) is 0 Å². The van der Waals surface area contributed by atoms with Crippen LogP contribution in [0.1, 0.15) is 26.5 Å².